The molecule has 138 valence electrons. The average Bonchev–Trinajstić information content (AvgIpc) is 2.47. The maximum Gasteiger partial charge on any atom is 0.328 e. The molecule has 0 aliphatic rings. The first-order valence-corrected chi connectivity index (χ1v) is 8.47. The van der Waals surface area contributed by atoms with E-state index in [1.807, 2.05) is 11.6 Å². The summed E-state index contributed by atoms with van der Waals surface area (Å²) in [6, 6.07) is -4.06. The molecule has 0 spiro atoms. The van der Waals surface area contributed by atoms with Crippen molar-refractivity contribution < 1.29 is 34.5 Å². The Labute approximate surface area is 143 Å². The van der Waals surface area contributed by atoms with Crippen molar-refractivity contribution in [2.75, 3.05) is 12.0 Å². The molecular formula is C13H23N3O7S. The Hall–Kier alpha value is -1.85. The highest BCUT2D eigenvalue weighted by atomic mass is 32.2. The molecule has 0 radical (unpaired) electrons. The first kappa shape index (κ1) is 22.1. The van der Waals surface area contributed by atoms with Gasteiger partial charge in [0.05, 0.1) is 18.6 Å². The number of carboxylic acid groups (broad SMARTS) is 2. The molecule has 0 saturated carbocycles. The molecule has 0 saturated heterocycles. The van der Waals surface area contributed by atoms with Gasteiger partial charge in [0.15, 0.2) is 6.04 Å². The summed E-state index contributed by atoms with van der Waals surface area (Å²) in [5.41, 5.74) is 5.64. The van der Waals surface area contributed by atoms with Gasteiger partial charge in [-0.3, -0.25) is 14.4 Å². The third kappa shape index (κ3) is 8.13. The quantitative estimate of drug-likeness (QED) is 0.241. The van der Waals surface area contributed by atoms with Crippen molar-refractivity contribution in [1.29, 1.82) is 0 Å². The van der Waals surface area contributed by atoms with Gasteiger partial charge < -0.3 is 31.7 Å². The van der Waals surface area contributed by atoms with Crippen LogP contribution < -0.4 is 16.4 Å². The van der Waals surface area contributed by atoms with Crippen molar-refractivity contribution in [2.24, 2.45) is 5.73 Å². The van der Waals surface area contributed by atoms with Crippen molar-refractivity contribution >= 4 is 35.5 Å². The lowest BCUT2D eigenvalue weighted by molar-refractivity contribution is -0.145. The molecular weight excluding hydrogens is 342 g/mol. The normalized spacial score (nSPS) is 15.7. The fourth-order valence-electron chi connectivity index (χ4n) is 1.68. The van der Waals surface area contributed by atoms with Crippen LogP contribution in [0.3, 0.4) is 0 Å². The van der Waals surface area contributed by atoms with E-state index >= 15 is 0 Å². The topological polar surface area (TPSA) is 179 Å². The van der Waals surface area contributed by atoms with Gasteiger partial charge in [-0.05, 0) is 25.4 Å². The van der Waals surface area contributed by atoms with E-state index in [-0.39, 0.29) is 0 Å². The molecule has 4 unspecified atom stereocenters. The molecule has 0 aliphatic heterocycles. The third-order valence-electron chi connectivity index (χ3n) is 3.03. The van der Waals surface area contributed by atoms with Gasteiger partial charge in [-0.15, -0.1) is 0 Å². The van der Waals surface area contributed by atoms with Crippen molar-refractivity contribution in [3.8, 4) is 0 Å². The van der Waals surface area contributed by atoms with Crippen molar-refractivity contribution in [2.45, 2.75) is 44.0 Å². The van der Waals surface area contributed by atoms with E-state index in [2.05, 4.69) is 5.32 Å². The molecule has 2 amide bonds. The zero-order valence-corrected chi connectivity index (χ0v) is 14.2. The highest BCUT2D eigenvalue weighted by Gasteiger charge is 2.31. The second-order valence-electron chi connectivity index (χ2n) is 5.11. The maximum atomic E-state index is 12.1. The molecule has 0 aromatic rings. The van der Waals surface area contributed by atoms with Crippen LogP contribution in [0.5, 0.6) is 0 Å². The van der Waals surface area contributed by atoms with Gasteiger partial charge >= 0.3 is 11.9 Å². The predicted molar refractivity (Wildman–Crippen MR) is 86.4 cm³/mol. The Bertz CT molecular complexity index is 472. The van der Waals surface area contributed by atoms with Crippen LogP contribution in [0.25, 0.3) is 0 Å². The molecule has 0 bridgehead atoms. The summed E-state index contributed by atoms with van der Waals surface area (Å²) in [4.78, 5) is 45.8. The fraction of sp³-hybridized carbons (Fsp3) is 0.692. The summed E-state index contributed by atoms with van der Waals surface area (Å²) in [6.45, 7) is 1.15. The number of nitrogens with one attached hydrogen (secondary N) is 2. The van der Waals surface area contributed by atoms with Crippen LogP contribution >= 0.6 is 11.8 Å². The lowest BCUT2D eigenvalue weighted by atomic mass is 10.1. The van der Waals surface area contributed by atoms with Gasteiger partial charge in [-0.2, -0.15) is 11.8 Å². The number of carbonyl (C=O) groups excluding carboxylic acids is 2. The summed E-state index contributed by atoms with van der Waals surface area (Å²) in [5, 5.41) is 31.3. The molecule has 0 rings (SSSR count). The van der Waals surface area contributed by atoms with Gasteiger partial charge in [-0.1, -0.05) is 0 Å². The zero-order chi connectivity index (χ0) is 18.9. The highest BCUT2D eigenvalue weighted by molar-refractivity contribution is 7.98. The molecule has 4 atom stereocenters. The number of nitrogens with two attached hydrogens (primary N) is 1. The van der Waals surface area contributed by atoms with E-state index < -0.39 is 54.4 Å². The number of amides is 2. The highest BCUT2D eigenvalue weighted by Crippen LogP contribution is 2.02. The van der Waals surface area contributed by atoms with E-state index in [0.29, 0.717) is 12.2 Å². The lowest BCUT2D eigenvalue weighted by Crippen LogP contribution is -2.57. The van der Waals surface area contributed by atoms with Crippen LogP contribution in [-0.2, 0) is 19.2 Å². The number of carbonyl (C=O) groups is 4. The Morgan fingerprint density at radius 3 is 2.12 bits per heavy atom. The molecule has 0 aromatic heterocycles. The second kappa shape index (κ2) is 10.8. The summed E-state index contributed by atoms with van der Waals surface area (Å²) >= 11 is 1.47. The van der Waals surface area contributed by atoms with Gasteiger partial charge in [0, 0.05) is 0 Å². The Morgan fingerprint density at radius 2 is 1.71 bits per heavy atom. The maximum absolute atomic E-state index is 12.1. The van der Waals surface area contributed by atoms with Crippen LogP contribution in [0.15, 0.2) is 0 Å². The molecule has 24 heavy (non-hydrogen) atoms. The molecule has 7 N–H and O–H groups in total. The van der Waals surface area contributed by atoms with E-state index in [9.17, 15) is 24.3 Å². The number of aliphatic carboxylic acids is 2. The molecule has 0 aliphatic carbocycles. The minimum Gasteiger partial charge on any atom is -0.481 e. The van der Waals surface area contributed by atoms with Crippen molar-refractivity contribution in [3.63, 3.8) is 0 Å². The van der Waals surface area contributed by atoms with Crippen LogP contribution in [-0.4, -0.2) is 75.3 Å². The van der Waals surface area contributed by atoms with E-state index in [1.54, 1.807) is 0 Å². The average molecular weight is 365 g/mol. The predicted octanol–water partition coefficient (Wildman–Crippen LogP) is -2.02. The SMILES string of the molecule is CSCCC(N)C(=O)NC(CC(=O)O)C(=O)NC(C(=O)O)C(C)O. The number of thioether (sulfide) groups is 1. The zero-order valence-electron chi connectivity index (χ0n) is 13.4. The third-order valence-corrected chi connectivity index (χ3v) is 3.67. The summed E-state index contributed by atoms with van der Waals surface area (Å²) < 4.78 is 0. The number of hydrogen-bond acceptors (Lipinski definition) is 7. The summed E-state index contributed by atoms with van der Waals surface area (Å²) in [5.74, 6) is -3.99. The van der Waals surface area contributed by atoms with Crippen molar-refractivity contribution in [3.05, 3.63) is 0 Å². The molecule has 11 heteroatoms. The molecule has 10 nitrogen and oxygen atoms in total. The molecule has 0 aromatic carbocycles. The van der Waals surface area contributed by atoms with Crippen molar-refractivity contribution in [1.82, 2.24) is 10.6 Å². The van der Waals surface area contributed by atoms with Gasteiger partial charge in [0.25, 0.3) is 0 Å². The summed E-state index contributed by atoms with van der Waals surface area (Å²) in [6.07, 6.45) is 0.00288. The number of hydrogen-bond donors (Lipinski definition) is 6. The standard InChI is InChI=1S/C13H23N3O7S/c1-6(17)10(13(22)23)16-12(21)8(5-9(18)19)15-11(20)7(14)3-4-24-2/h6-8,10,17H,3-5,14H2,1-2H3,(H,15,20)(H,16,21)(H,18,19)(H,22,23). The van der Waals surface area contributed by atoms with Crippen LogP contribution in [0, 0.1) is 0 Å². The largest absolute Gasteiger partial charge is 0.481 e. The number of aliphatic hydroxyl groups is 1. The Balaban J connectivity index is 4.98. The molecule has 0 fully saturated rings. The first-order valence-electron chi connectivity index (χ1n) is 7.08. The van der Waals surface area contributed by atoms with E-state index in [1.165, 1.54) is 11.8 Å². The number of rotatable bonds is 11. The van der Waals surface area contributed by atoms with E-state index in [0.717, 1.165) is 6.92 Å². The van der Waals surface area contributed by atoms with Gasteiger partial charge in [0.1, 0.15) is 6.04 Å². The van der Waals surface area contributed by atoms with Crippen LogP contribution in [0.2, 0.25) is 0 Å². The number of aliphatic hydroxyl groups excluding tert-OH is 1. The van der Waals surface area contributed by atoms with Gasteiger partial charge in [-0.25, -0.2) is 4.79 Å². The van der Waals surface area contributed by atoms with Crippen LogP contribution in [0.4, 0.5) is 0 Å². The Morgan fingerprint density at radius 1 is 1.12 bits per heavy atom. The van der Waals surface area contributed by atoms with Crippen LogP contribution in [0.1, 0.15) is 19.8 Å². The smallest absolute Gasteiger partial charge is 0.328 e. The second-order valence-corrected chi connectivity index (χ2v) is 6.10. The minimum absolute atomic E-state index is 0.333. The summed E-state index contributed by atoms with van der Waals surface area (Å²) in [7, 11) is 0. The Kier molecular flexibility index (Phi) is 10.0. The molecule has 0 heterocycles. The van der Waals surface area contributed by atoms with Gasteiger partial charge in [0.2, 0.25) is 11.8 Å². The lowest BCUT2D eigenvalue weighted by Gasteiger charge is -2.23. The number of carboxylic acids is 2. The first-order chi connectivity index (χ1) is 11.1. The fourth-order valence-corrected chi connectivity index (χ4v) is 2.17. The van der Waals surface area contributed by atoms with E-state index in [4.69, 9.17) is 15.9 Å². The monoisotopic (exact) mass is 365 g/mol. The minimum atomic E-state index is -1.63.